The van der Waals surface area contributed by atoms with Gasteiger partial charge in [-0.3, -0.25) is 0 Å². The maximum atomic E-state index is 13.3. The topological polar surface area (TPSA) is 44.8 Å². The number of halogens is 4. The van der Waals surface area contributed by atoms with Gasteiger partial charge in [-0.25, -0.2) is 9.18 Å². The first-order valence-corrected chi connectivity index (χ1v) is 6.48. The van der Waals surface area contributed by atoms with Crippen LogP contribution >= 0.6 is 0 Å². The quantitative estimate of drug-likeness (QED) is 0.631. The summed E-state index contributed by atoms with van der Waals surface area (Å²) in [5.41, 5.74) is -0.877. The van der Waals surface area contributed by atoms with Crippen molar-refractivity contribution in [3.05, 3.63) is 35.4 Å². The van der Waals surface area contributed by atoms with Gasteiger partial charge in [-0.05, 0) is 24.3 Å². The van der Waals surface area contributed by atoms with Crippen LogP contribution in [0.4, 0.5) is 17.6 Å². The van der Waals surface area contributed by atoms with Crippen LogP contribution in [0.25, 0.3) is 0 Å². The van der Waals surface area contributed by atoms with E-state index in [1.165, 1.54) is 7.11 Å². The molecule has 4 nitrogen and oxygen atoms in total. The Morgan fingerprint density at radius 3 is 2.45 bits per heavy atom. The van der Waals surface area contributed by atoms with Gasteiger partial charge in [-0.2, -0.15) is 13.2 Å². The van der Waals surface area contributed by atoms with Gasteiger partial charge in [-0.15, -0.1) is 0 Å². The molecular formula is C14H14F4O4. The van der Waals surface area contributed by atoms with E-state index in [-0.39, 0.29) is 18.6 Å². The predicted molar refractivity (Wildman–Crippen MR) is 66.9 cm³/mol. The first-order chi connectivity index (χ1) is 10.3. The minimum atomic E-state index is -4.47. The van der Waals surface area contributed by atoms with Crippen molar-refractivity contribution in [2.75, 3.05) is 13.7 Å². The maximum absolute atomic E-state index is 13.3. The summed E-state index contributed by atoms with van der Waals surface area (Å²) in [7, 11) is 1.30. The molecule has 1 saturated heterocycles. The van der Waals surface area contributed by atoms with Crippen molar-refractivity contribution < 1.29 is 36.6 Å². The number of methoxy groups -OCH3 is 1. The number of carbonyl (C=O) groups excluding carboxylic acids is 1. The summed E-state index contributed by atoms with van der Waals surface area (Å²) in [4.78, 5) is 11.7. The lowest BCUT2D eigenvalue weighted by Gasteiger charge is -2.13. The van der Waals surface area contributed by atoms with Gasteiger partial charge in [-0.1, -0.05) is 0 Å². The Kier molecular flexibility index (Phi) is 5.02. The first kappa shape index (κ1) is 16.7. The van der Waals surface area contributed by atoms with Gasteiger partial charge in [0, 0.05) is 13.5 Å². The Labute approximate surface area is 124 Å². The normalized spacial score (nSPS) is 25.2. The lowest BCUT2D eigenvalue weighted by Crippen LogP contribution is -2.21. The van der Waals surface area contributed by atoms with Crippen LogP contribution in [-0.2, 0) is 20.4 Å². The molecule has 0 aliphatic carbocycles. The van der Waals surface area contributed by atoms with E-state index in [2.05, 4.69) is 0 Å². The van der Waals surface area contributed by atoms with E-state index < -0.39 is 36.3 Å². The van der Waals surface area contributed by atoms with Crippen molar-refractivity contribution in [1.82, 2.24) is 0 Å². The van der Waals surface area contributed by atoms with Crippen LogP contribution in [0.5, 0.6) is 0 Å². The fraction of sp³-hybridized carbons (Fsp3) is 0.500. The molecule has 0 radical (unpaired) electrons. The van der Waals surface area contributed by atoms with Gasteiger partial charge < -0.3 is 14.2 Å². The average molecular weight is 322 g/mol. The third-order valence-electron chi connectivity index (χ3n) is 3.19. The molecule has 1 aliphatic heterocycles. The SMILES string of the molecule is COC1OC(COC(=O)c2ccc(C(F)(F)F)cc2)CC1F. The number of alkyl halides is 4. The third kappa shape index (κ3) is 3.95. The van der Waals surface area contributed by atoms with Crippen molar-refractivity contribution in [3.63, 3.8) is 0 Å². The van der Waals surface area contributed by atoms with Crippen LogP contribution in [0.15, 0.2) is 24.3 Å². The molecule has 0 saturated carbocycles. The lowest BCUT2D eigenvalue weighted by atomic mass is 10.1. The summed E-state index contributed by atoms with van der Waals surface area (Å²) in [6, 6.07) is 3.63. The zero-order valence-corrected chi connectivity index (χ0v) is 11.6. The molecule has 1 heterocycles. The second kappa shape index (κ2) is 6.62. The highest BCUT2D eigenvalue weighted by Gasteiger charge is 2.36. The molecule has 0 bridgehead atoms. The average Bonchev–Trinajstić information content (AvgIpc) is 2.84. The summed E-state index contributed by atoms with van der Waals surface area (Å²) in [5.74, 6) is -0.798. The second-order valence-electron chi connectivity index (χ2n) is 4.79. The molecule has 3 unspecified atom stereocenters. The monoisotopic (exact) mass is 322 g/mol. The molecule has 3 atom stereocenters. The van der Waals surface area contributed by atoms with E-state index in [1.807, 2.05) is 0 Å². The van der Waals surface area contributed by atoms with Crippen LogP contribution in [0.3, 0.4) is 0 Å². The number of hydrogen-bond acceptors (Lipinski definition) is 4. The van der Waals surface area contributed by atoms with E-state index in [9.17, 15) is 22.4 Å². The molecule has 8 heteroatoms. The van der Waals surface area contributed by atoms with E-state index in [1.54, 1.807) is 0 Å². The summed E-state index contributed by atoms with van der Waals surface area (Å²) in [6.45, 7) is -0.194. The Morgan fingerprint density at radius 2 is 1.95 bits per heavy atom. The minimum absolute atomic E-state index is 0.0221. The molecule has 0 spiro atoms. The molecule has 1 aliphatic rings. The first-order valence-electron chi connectivity index (χ1n) is 6.48. The zero-order valence-electron chi connectivity index (χ0n) is 11.6. The van der Waals surface area contributed by atoms with Crippen molar-refractivity contribution in [2.45, 2.75) is 31.2 Å². The number of ether oxygens (including phenoxy) is 3. The molecule has 0 aromatic heterocycles. The number of carbonyl (C=O) groups is 1. The van der Waals surface area contributed by atoms with Crippen LogP contribution in [0, 0.1) is 0 Å². The van der Waals surface area contributed by atoms with Crippen LogP contribution in [-0.4, -0.2) is 38.3 Å². The third-order valence-corrected chi connectivity index (χ3v) is 3.19. The highest BCUT2D eigenvalue weighted by molar-refractivity contribution is 5.89. The molecule has 0 N–H and O–H groups in total. The predicted octanol–water partition coefficient (Wildman–Crippen LogP) is 2.96. The second-order valence-corrected chi connectivity index (χ2v) is 4.79. The standard InChI is InChI=1S/C14H14F4O4/c1-20-13-11(15)6-10(22-13)7-21-12(19)8-2-4-9(5-3-8)14(16,17)18/h2-5,10-11,13H,6-7H2,1H3. The Bertz CT molecular complexity index is 515. The highest BCUT2D eigenvalue weighted by atomic mass is 19.4. The fourth-order valence-electron chi connectivity index (χ4n) is 2.05. The lowest BCUT2D eigenvalue weighted by molar-refractivity contribution is -0.141. The van der Waals surface area contributed by atoms with Gasteiger partial charge in [0.15, 0.2) is 12.5 Å². The molecule has 0 amide bonds. The smallest absolute Gasteiger partial charge is 0.416 e. The molecule has 1 aromatic rings. The summed E-state index contributed by atoms with van der Waals surface area (Å²) >= 11 is 0. The molecule has 1 fully saturated rings. The Hall–Kier alpha value is -1.67. The maximum Gasteiger partial charge on any atom is 0.416 e. The van der Waals surface area contributed by atoms with E-state index >= 15 is 0 Å². The van der Waals surface area contributed by atoms with E-state index in [4.69, 9.17) is 14.2 Å². The van der Waals surface area contributed by atoms with Gasteiger partial charge in [0.2, 0.25) is 0 Å². The van der Waals surface area contributed by atoms with Gasteiger partial charge >= 0.3 is 12.1 Å². The van der Waals surface area contributed by atoms with Crippen LogP contribution in [0.2, 0.25) is 0 Å². The van der Waals surface area contributed by atoms with Crippen molar-refractivity contribution >= 4 is 5.97 Å². The summed E-state index contributed by atoms with van der Waals surface area (Å²) in [5, 5.41) is 0. The Morgan fingerprint density at radius 1 is 1.32 bits per heavy atom. The summed E-state index contributed by atoms with van der Waals surface area (Å²) < 4.78 is 65.4. The van der Waals surface area contributed by atoms with Crippen LogP contribution < -0.4 is 0 Å². The summed E-state index contributed by atoms with van der Waals surface area (Å²) in [6.07, 6.45) is -7.38. The van der Waals surface area contributed by atoms with Gasteiger partial charge in [0.25, 0.3) is 0 Å². The molecular weight excluding hydrogens is 308 g/mol. The fourth-order valence-corrected chi connectivity index (χ4v) is 2.05. The molecule has 122 valence electrons. The molecule has 1 aromatic carbocycles. The van der Waals surface area contributed by atoms with Gasteiger partial charge in [0.05, 0.1) is 17.2 Å². The van der Waals surface area contributed by atoms with E-state index in [0.29, 0.717) is 0 Å². The molecule has 22 heavy (non-hydrogen) atoms. The number of hydrogen-bond donors (Lipinski definition) is 0. The van der Waals surface area contributed by atoms with Crippen molar-refractivity contribution in [2.24, 2.45) is 0 Å². The van der Waals surface area contributed by atoms with Crippen molar-refractivity contribution in [1.29, 1.82) is 0 Å². The van der Waals surface area contributed by atoms with Crippen molar-refractivity contribution in [3.8, 4) is 0 Å². The van der Waals surface area contributed by atoms with E-state index in [0.717, 1.165) is 24.3 Å². The Balaban J connectivity index is 1.88. The van der Waals surface area contributed by atoms with Crippen LogP contribution in [0.1, 0.15) is 22.3 Å². The number of rotatable bonds is 4. The molecule has 2 rings (SSSR count). The minimum Gasteiger partial charge on any atom is -0.459 e. The highest BCUT2D eigenvalue weighted by Crippen LogP contribution is 2.29. The zero-order chi connectivity index (χ0) is 16.3. The largest absolute Gasteiger partial charge is 0.459 e. The number of esters is 1. The van der Waals surface area contributed by atoms with Gasteiger partial charge in [0.1, 0.15) is 6.61 Å². The number of benzene rings is 1.